The molecule has 4 heteroatoms. The van der Waals surface area contributed by atoms with Gasteiger partial charge in [-0.2, -0.15) is 0 Å². The second-order valence-corrected chi connectivity index (χ2v) is 3.74. The van der Waals surface area contributed by atoms with E-state index in [4.69, 9.17) is 9.22 Å². The van der Waals surface area contributed by atoms with Crippen molar-refractivity contribution in [3.63, 3.8) is 0 Å². The minimum absolute atomic E-state index is 0.181. The number of aryl methyl sites for hydroxylation is 1. The van der Waals surface area contributed by atoms with Gasteiger partial charge in [0, 0.05) is 15.4 Å². The van der Waals surface area contributed by atoms with E-state index in [1.54, 1.807) is 0 Å². The lowest BCUT2D eigenvalue weighted by atomic mass is 10.1. The van der Waals surface area contributed by atoms with Gasteiger partial charge >= 0.3 is 5.97 Å². The first-order valence-electron chi connectivity index (χ1n) is 6.00. The number of nitrogens with zero attached hydrogens (tertiary/aromatic N) is 1. The molecule has 0 aliphatic carbocycles. The lowest BCUT2D eigenvalue weighted by Gasteiger charge is -2.06. The van der Waals surface area contributed by atoms with Gasteiger partial charge in [-0.05, 0) is 32.8 Å². The average molecular weight is 222 g/mol. The van der Waals surface area contributed by atoms with E-state index in [-0.39, 0.29) is 11.3 Å². The molecule has 0 radical (unpaired) electrons. The molecule has 0 saturated carbocycles. The van der Waals surface area contributed by atoms with Crippen molar-refractivity contribution in [1.82, 2.24) is 4.98 Å². The summed E-state index contributed by atoms with van der Waals surface area (Å²) >= 11 is 0. The molecule has 1 aromatic rings. The molecule has 16 heavy (non-hydrogen) atoms. The van der Waals surface area contributed by atoms with Crippen molar-refractivity contribution in [1.29, 1.82) is 0 Å². The number of carboxylic acid groups (broad SMARTS) is 1. The number of carbonyl (C=O) groups is 1. The third kappa shape index (κ3) is 3.71. The molecule has 0 unspecified atom stereocenters. The van der Waals surface area contributed by atoms with Gasteiger partial charge in [-0.25, -0.2) is 9.78 Å². The fourth-order valence-electron chi connectivity index (χ4n) is 0.937. The highest BCUT2D eigenvalue weighted by Gasteiger charge is 2.08. The van der Waals surface area contributed by atoms with Crippen LogP contribution < -0.4 is 0 Å². The van der Waals surface area contributed by atoms with Gasteiger partial charge in [-0.1, -0.05) is 11.8 Å². The van der Waals surface area contributed by atoms with Crippen molar-refractivity contribution < 1.29 is 19.1 Å². The van der Waals surface area contributed by atoms with Crippen LogP contribution in [0.1, 0.15) is 39.7 Å². The number of rotatable bonds is 1. The number of hydrogen-bond acceptors (Lipinski definition) is 3. The van der Waals surface area contributed by atoms with Crippen molar-refractivity contribution in [2.24, 2.45) is 0 Å². The summed E-state index contributed by atoms with van der Waals surface area (Å²) in [6, 6.07) is 2.36. The van der Waals surface area contributed by atoms with Crippen LogP contribution in [0, 0.1) is 18.7 Å². The minimum atomic E-state index is -2.52. The van der Waals surface area contributed by atoms with Crippen molar-refractivity contribution in [2.45, 2.75) is 26.3 Å². The molecule has 4 nitrogen and oxygen atoms in total. The Hall–Kier alpha value is -1.86. The van der Waals surface area contributed by atoms with E-state index in [0.29, 0.717) is 0 Å². The maximum absolute atomic E-state index is 10.9. The van der Waals surface area contributed by atoms with E-state index in [0.717, 1.165) is 6.07 Å². The van der Waals surface area contributed by atoms with Gasteiger partial charge in [0.2, 0.25) is 0 Å². The lowest BCUT2D eigenvalue weighted by Crippen LogP contribution is -2.14. The van der Waals surface area contributed by atoms with Crippen LogP contribution in [0.3, 0.4) is 0 Å². The Bertz CT molecular complexity index is 562. The first-order chi connectivity index (χ1) is 8.49. The van der Waals surface area contributed by atoms with Gasteiger partial charge in [-0.15, -0.1) is 0 Å². The zero-order valence-electron chi connectivity index (χ0n) is 11.9. The third-order valence-corrected chi connectivity index (χ3v) is 1.56. The number of carboxylic acids is 1. The van der Waals surface area contributed by atoms with Crippen LogP contribution in [0.4, 0.5) is 0 Å². The third-order valence-electron chi connectivity index (χ3n) is 1.56. The molecule has 0 atom stereocenters. The van der Waals surface area contributed by atoms with E-state index in [2.05, 4.69) is 16.8 Å². The number of aromatic nitrogens is 1. The van der Waals surface area contributed by atoms with Crippen LogP contribution in [0.2, 0.25) is 0 Å². The van der Waals surface area contributed by atoms with E-state index in [1.807, 2.05) is 0 Å². The highest BCUT2D eigenvalue weighted by atomic mass is 16.4. The van der Waals surface area contributed by atoms with Crippen LogP contribution in [-0.2, 0) is 0 Å². The normalized spacial score (nSPS) is 14.1. The largest absolute Gasteiger partial charge is 0.477 e. The molecule has 0 aliphatic rings. The summed E-state index contributed by atoms with van der Waals surface area (Å²) in [5, 5.41) is 18.4. The Morgan fingerprint density at radius 1 is 1.56 bits per heavy atom. The smallest absolute Gasteiger partial charge is 0.354 e. The summed E-state index contributed by atoms with van der Waals surface area (Å²) in [5.41, 5.74) is -1.81. The second-order valence-electron chi connectivity index (χ2n) is 3.74. The average Bonchev–Trinajstić information content (AvgIpc) is 2.23. The highest BCUT2D eigenvalue weighted by Crippen LogP contribution is 2.06. The topological polar surface area (TPSA) is 70.4 Å². The summed E-state index contributed by atoms with van der Waals surface area (Å²) < 4.78 is 21.7. The van der Waals surface area contributed by atoms with E-state index < -0.39 is 24.1 Å². The molecule has 0 saturated heterocycles. The number of pyridine rings is 1. The predicted octanol–water partition coefficient (Wildman–Crippen LogP) is 1.21. The van der Waals surface area contributed by atoms with Crippen LogP contribution in [0.25, 0.3) is 0 Å². The fraction of sp³-hybridized carbons (Fsp3) is 0.333. The fourth-order valence-corrected chi connectivity index (χ4v) is 0.937. The zero-order valence-corrected chi connectivity index (χ0v) is 8.90. The molecule has 1 rings (SSSR count). The molecule has 2 N–H and O–H groups in total. The lowest BCUT2D eigenvalue weighted by molar-refractivity contribution is 0.0690. The summed E-state index contributed by atoms with van der Waals surface area (Å²) in [5.74, 6) is 3.69. The molecule has 0 aliphatic heterocycles. The maximum Gasteiger partial charge on any atom is 0.354 e. The summed E-state index contributed by atoms with van der Waals surface area (Å²) in [7, 11) is 0. The maximum atomic E-state index is 10.9. The molecule has 0 bridgehead atoms. The van der Waals surface area contributed by atoms with Crippen molar-refractivity contribution in [2.75, 3.05) is 0 Å². The first kappa shape index (κ1) is 8.31. The Balaban J connectivity index is 3.36. The van der Waals surface area contributed by atoms with Gasteiger partial charge in [0.15, 0.2) is 0 Å². The number of hydrogen-bond donors (Lipinski definition) is 2. The molecule has 1 heterocycles. The van der Waals surface area contributed by atoms with E-state index >= 15 is 0 Å². The predicted molar refractivity (Wildman–Crippen MR) is 59.1 cm³/mol. The van der Waals surface area contributed by atoms with Gasteiger partial charge in [0.05, 0.1) is 0 Å². The Kier molecular flexibility index (Phi) is 2.25. The Labute approximate surface area is 98.2 Å². The molecule has 84 valence electrons. The summed E-state index contributed by atoms with van der Waals surface area (Å²) in [4.78, 5) is 14.4. The standard InChI is InChI=1S/C12H13NO3/c1-8-6-9(4-5-12(2,3)16)7-10(13-8)11(14)15/h6-7,16H,1-3H3,(H,14,15)/i1D3. The van der Waals surface area contributed by atoms with Crippen LogP contribution in [0.15, 0.2) is 12.1 Å². The molecule has 0 aromatic carbocycles. The zero-order chi connectivity index (χ0) is 14.8. The number of aliphatic hydroxyl groups is 1. The van der Waals surface area contributed by atoms with Gasteiger partial charge in [0.25, 0.3) is 0 Å². The molecule has 1 aromatic heterocycles. The van der Waals surface area contributed by atoms with Gasteiger partial charge in [-0.3, -0.25) is 0 Å². The molecular weight excluding hydrogens is 206 g/mol. The molecule has 0 spiro atoms. The summed E-state index contributed by atoms with van der Waals surface area (Å²) in [6.45, 7) is 0.407. The Morgan fingerprint density at radius 3 is 2.75 bits per heavy atom. The van der Waals surface area contributed by atoms with Crippen LogP contribution in [-0.4, -0.2) is 26.8 Å². The van der Waals surface area contributed by atoms with Crippen molar-refractivity contribution in [3.05, 3.63) is 29.1 Å². The van der Waals surface area contributed by atoms with E-state index in [1.165, 1.54) is 19.9 Å². The van der Waals surface area contributed by atoms with Crippen molar-refractivity contribution in [3.8, 4) is 11.8 Å². The highest BCUT2D eigenvalue weighted by molar-refractivity contribution is 5.85. The van der Waals surface area contributed by atoms with E-state index in [9.17, 15) is 9.90 Å². The molecule has 0 fully saturated rings. The number of aromatic carboxylic acids is 1. The monoisotopic (exact) mass is 222 g/mol. The van der Waals surface area contributed by atoms with Gasteiger partial charge < -0.3 is 10.2 Å². The second kappa shape index (κ2) is 4.33. The quantitative estimate of drug-likeness (QED) is 0.701. The molecule has 0 amide bonds. The van der Waals surface area contributed by atoms with Crippen molar-refractivity contribution >= 4 is 5.97 Å². The Morgan fingerprint density at radius 2 is 2.25 bits per heavy atom. The summed E-state index contributed by atoms with van der Waals surface area (Å²) in [6.07, 6.45) is 0. The van der Waals surface area contributed by atoms with Gasteiger partial charge in [0.1, 0.15) is 11.3 Å². The first-order valence-corrected chi connectivity index (χ1v) is 4.50. The molecular formula is C12H13NO3. The van der Waals surface area contributed by atoms with Crippen LogP contribution >= 0.6 is 0 Å². The minimum Gasteiger partial charge on any atom is -0.477 e. The van der Waals surface area contributed by atoms with Crippen LogP contribution in [0.5, 0.6) is 0 Å². The SMILES string of the molecule is [2H]C([2H])([2H])c1cc(C#CC(C)(C)O)cc(C(=O)O)n1.